The highest BCUT2D eigenvalue weighted by Gasteiger charge is 2.69. The van der Waals surface area contributed by atoms with E-state index in [1.807, 2.05) is 0 Å². The molecule has 2 heterocycles. The molecule has 0 aromatic heterocycles. The molecule has 0 bridgehead atoms. The summed E-state index contributed by atoms with van der Waals surface area (Å²) in [5, 5.41) is 31.7. The van der Waals surface area contributed by atoms with Gasteiger partial charge in [-0.2, -0.15) is 0 Å². The van der Waals surface area contributed by atoms with E-state index in [1.54, 1.807) is 0 Å². The summed E-state index contributed by atoms with van der Waals surface area (Å²) < 4.78 is 13.3. The first-order chi connectivity index (χ1) is 15.1. The smallest absolute Gasteiger partial charge is 0.171 e. The van der Waals surface area contributed by atoms with E-state index in [9.17, 15) is 15.3 Å². The minimum absolute atomic E-state index is 0.0870. The highest BCUT2D eigenvalue weighted by atomic mass is 16.7. The standard InChI is InChI=1S/C27H44O5/c1-14-7-10-27(31-13-14)15(2)22-21(32-27)11-19-16-5-6-18-23(29)24(30)20(28)12-26(18,4)17(16)8-9-25(19,22)3/h14-24,28-30H,5-13H2,1-4H3/t14-,15+,16-,17+,18-,19+,20+,21+,22+,23-,24-,25+,26-,27-/m1/s1. The normalized spacial score (nSPS) is 64.0. The molecule has 182 valence electrons. The lowest BCUT2D eigenvalue weighted by Gasteiger charge is -2.62. The number of aliphatic hydroxyl groups is 3. The Morgan fingerprint density at radius 2 is 1.59 bits per heavy atom. The number of hydrogen-bond acceptors (Lipinski definition) is 5. The van der Waals surface area contributed by atoms with Gasteiger partial charge in [0.1, 0.15) is 6.10 Å². The maximum atomic E-state index is 10.8. The van der Waals surface area contributed by atoms with Crippen LogP contribution in [0.5, 0.6) is 0 Å². The number of hydrogen-bond donors (Lipinski definition) is 3. The number of aliphatic hydroxyl groups excluding tert-OH is 3. The second kappa shape index (κ2) is 7.16. The van der Waals surface area contributed by atoms with Crippen LogP contribution >= 0.6 is 0 Å². The molecule has 0 aromatic rings. The molecule has 4 saturated carbocycles. The lowest BCUT2D eigenvalue weighted by atomic mass is 9.43. The van der Waals surface area contributed by atoms with Gasteiger partial charge in [-0.3, -0.25) is 0 Å². The van der Waals surface area contributed by atoms with Crippen molar-refractivity contribution in [3.05, 3.63) is 0 Å². The molecule has 0 unspecified atom stereocenters. The van der Waals surface area contributed by atoms with E-state index in [0.717, 1.165) is 32.3 Å². The van der Waals surface area contributed by atoms with E-state index in [1.165, 1.54) is 19.3 Å². The van der Waals surface area contributed by atoms with Crippen molar-refractivity contribution in [3.8, 4) is 0 Å². The second-order valence-corrected chi connectivity index (χ2v) is 13.3. The Morgan fingerprint density at radius 1 is 0.812 bits per heavy atom. The average Bonchev–Trinajstić information content (AvgIpc) is 3.19. The van der Waals surface area contributed by atoms with Gasteiger partial charge in [0.25, 0.3) is 0 Å². The Balaban J connectivity index is 1.27. The van der Waals surface area contributed by atoms with Gasteiger partial charge in [0.2, 0.25) is 0 Å². The Hall–Kier alpha value is -0.200. The molecule has 2 saturated heterocycles. The number of ether oxygens (including phenoxy) is 2. The third kappa shape index (κ3) is 2.75. The molecule has 0 amide bonds. The van der Waals surface area contributed by atoms with Crippen molar-refractivity contribution < 1.29 is 24.8 Å². The summed E-state index contributed by atoms with van der Waals surface area (Å²) >= 11 is 0. The van der Waals surface area contributed by atoms with Crippen LogP contribution in [-0.2, 0) is 9.47 Å². The molecule has 6 fully saturated rings. The van der Waals surface area contributed by atoms with Crippen LogP contribution in [0, 0.1) is 52.3 Å². The molecular formula is C27H44O5. The summed E-state index contributed by atoms with van der Waals surface area (Å²) in [5.74, 6) is 3.18. The van der Waals surface area contributed by atoms with E-state index >= 15 is 0 Å². The molecule has 14 atom stereocenters. The predicted octanol–water partition coefficient (Wildman–Crippen LogP) is 3.74. The minimum Gasteiger partial charge on any atom is -0.390 e. The third-order valence-electron chi connectivity index (χ3n) is 12.0. The average molecular weight is 449 g/mol. The predicted molar refractivity (Wildman–Crippen MR) is 121 cm³/mol. The van der Waals surface area contributed by atoms with E-state index in [4.69, 9.17) is 9.47 Å². The van der Waals surface area contributed by atoms with Crippen molar-refractivity contribution in [1.29, 1.82) is 0 Å². The molecule has 6 rings (SSSR count). The number of fused-ring (bicyclic) bond motifs is 7. The maximum Gasteiger partial charge on any atom is 0.171 e. The van der Waals surface area contributed by atoms with Gasteiger partial charge in [0, 0.05) is 12.3 Å². The lowest BCUT2D eigenvalue weighted by Crippen LogP contribution is -2.62. The van der Waals surface area contributed by atoms with Crippen molar-refractivity contribution in [3.63, 3.8) is 0 Å². The molecule has 4 aliphatic carbocycles. The minimum atomic E-state index is -0.993. The fourth-order valence-corrected chi connectivity index (χ4v) is 10.4. The second-order valence-electron chi connectivity index (χ2n) is 13.3. The van der Waals surface area contributed by atoms with E-state index < -0.39 is 18.3 Å². The van der Waals surface area contributed by atoms with Gasteiger partial charge in [-0.15, -0.1) is 0 Å². The van der Waals surface area contributed by atoms with Crippen LogP contribution in [0.3, 0.4) is 0 Å². The van der Waals surface area contributed by atoms with Crippen LogP contribution in [-0.4, -0.2) is 52.1 Å². The molecule has 5 heteroatoms. The molecule has 0 aromatic carbocycles. The van der Waals surface area contributed by atoms with E-state index in [0.29, 0.717) is 48.0 Å². The summed E-state index contributed by atoms with van der Waals surface area (Å²) in [4.78, 5) is 0. The highest BCUT2D eigenvalue weighted by molar-refractivity contribution is 5.16. The van der Waals surface area contributed by atoms with Crippen LogP contribution in [0.4, 0.5) is 0 Å². The van der Waals surface area contributed by atoms with Gasteiger partial charge in [0.15, 0.2) is 5.79 Å². The first-order valence-corrected chi connectivity index (χ1v) is 13.5. The lowest BCUT2D eigenvalue weighted by molar-refractivity contribution is -0.273. The molecule has 0 radical (unpaired) electrons. The third-order valence-corrected chi connectivity index (χ3v) is 12.0. The Morgan fingerprint density at radius 3 is 2.31 bits per heavy atom. The zero-order chi connectivity index (χ0) is 22.6. The van der Waals surface area contributed by atoms with Crippen molar-refractivity contribution in [2.24, 2.45) is 52.3 Å². The quantitative estimate of drug-likeness (QED) is 0.526. The topological polar surface area (TPSA) is 79.2 Å². The summed E-state index contributed by atoms with van der Waals surface area (Å²) in [6.45, 7) is 10.3. The van der Waals surface area contributed by atoms with Crippen molar-refractivity contribution in [1.82, 2.24) is 0 Å². The molecular weight excluding hydrogens is 404 g/mol. The molecule has 3 N–H and O–H groups in total. The summed E-state index contributed by atoms with van der Waals surface area (Å²) in [7, 11) is 0. The molecule has 5 nitrogen and oxygen atoms in total. The summed E-state index contributed by atoms with van der Waals surface area (Å²) in [6, 6.07) is 0. The van der Waals surface area contributed by atoms with Gasteiger partial charge in [-0.05, 0) is 91.3 Å². The zero-order valence-electron chi connectivity index (χ0n) is 20.4. The summed E-state index contributed by atoms with van der Waals surface area (Å²) in [6.07, 6.45) is 6.18. The molecule has 6 aliphatic rings. The Kier molecular flexibility index (Phi) is 4.99. The zero-order valence-corrected chi connectivity index (χ0v) is 20.4. The first-order valence-electron chi connectivity index (χ1n) is 13.5. The van der Waals surface area contributed by atoms with Gasteiger partial charge in [0.05, 0.1) is 24.9 Å². The van der Waals surface area contributed by atoms with Crippen molar-refractivity contribution in [2.75, 3.05) is 6.61 Å². The maximum absolute atomic E-state index is 10.8. The van der Waals surface area contributed by atoms with Crippen molar-refractivity contribution >= 4 is 0 Å². The largest absolute Gasteiger partial charge is 0.390 e. The Labute approximate surface area is 193 Å². The van der Waals surface area contributed by atoms with Gasteiger partial charge >= 0.3 is 0 Å². The van der Waals surface area contributed by atoms with Gasteiger partial charge in [-0.1, -0.05) is 27.7 Å². The van der Waals surface area contributed by atoms with Crippen LogP contribution < -0.4 is 0 Å². The van der Waals surface area contributed by atoms with Crippen LogP contribution in [0.15, 0.2) is 0 Å². The monoisotopic (exact) mass is 448 g/mol. The van der Waals surface area contributed by atoms with Gasteiger partial charge in [-0.25, -0.2) is 0 Å². The molecule has 1 spiro atoms. The summed E-state index contributed by atoms with van der Waals surface area (Å²) in [5.41, 5.74) is 0.201. The van der Waals surface area contributed by atoms with E-state index in [-0.39, 0.29) is 22.5 Å². The van der Waals surface area contributed by atoms with E-state index in [2.05, 4.69) is 27.7 Å². The first kappa shape index (κ1) is 22.3. The SMILES string of the molecule is C[C@@H]1CC[C@@]2(OC1)O[C@H]1C[C@H]3[C@@H]4CC[C@@H]5[C@@H](O)[C@H](O)[C@@H](O)C[C@]5(C)[C@H]4CC[C@]3(C)[C@H]1[C@@H]2C. The molecule has 32 heavy (non-hydrogen) atoms. The highest BCUT2D eigenvalue weighted by Crippen LogP contribution is 2.71. The fraction of sp³-hybridized carbons (Fsp3) is 1.00. The Bertz CT molecular complexity index is 748. The van der Waals surface area contributed by atoms with Gasteiger partial charge < -0.3 is 24.8 Å². The molecule has 2 aliphatic heterocycles. The number of rotatable bonds is 0. The van der Waals surface area contributed by atoms with Crippen molar-refractivity contribution in [2.45, 2.75) is 109 Å². The van der Waals surface area contributed by atoms with Crippen LogP contribution in [0.2, 0.25) is 0 Å². The van der Waals surface area contributed by atoms with Crippen LogP contribution in [0.1, 0.15) is 79.1 Å². The fourth-order valence-electron chi connectivity index (χ4n) is 10.4. The van der Waals surface area contributed by atoms with Crippen LogP contribution in [0.25, 0.3) is 0 Å².